The van der Waals surface area contributed by atoms with E-state index in [1.807, 2.05) is 0 Å². The molecule has 3 heterocycles. The van der Waals surface area contributed by atoms with Crippen molar-refractivity contribution in [2.75, 3.05) is 33.9 Å². The Kier molecular flexibility index (Phi) is 7.74. The summed E-state index contributed by atoms with van der Waals surface area (Å²) in [5.74, 6) is -0.257. The smallest absolute Gasteiger partial charge is 0.261 e. The van der Waals surface area contributed by atoms with Gasteiger partial charge in [-0.15, -0.1) is 0 Å². The summed E-state index contributed by atoms with van der Waals surface area (Å²) in [4.78, 5) is 43.7. The van der Waals surface area contributed by atoms with Crippen LogP contribution in [0.3, 0.4) is 0 Å². The van der Waals surface area contributed by atoms with Crippen molar-refractivity contribution in [3.05, 3.63) is 83.6 Å². The second kappa shape index (κ2) is 11.4. The van der Waals surface area contributed by atoms with Crippen LogP contribution >= 0.6 is 0 Å². The number of ether oxygens (including phenoxy) is 3. The number of methoxy groups -OCH3 is 2. The van der Waals surface area contributed by atoms with Gasteiger partial charge in [-0.3, -0.25) is 19.3 Å². The molecule has 0 bridgehead atoms. The Labute approximate surface area is 230 Å². The van der Waals surface area contributed by atoms with E-state index in [0.717, 1.165) is 0 Å². The molecule has 1 spiro atoms. The Hall–Kier alpha value is -4.38. The number of halogens is 1. The third-order valence-corrected chi connectivity index (χ3v) is 7.36. The van der Waals surface area contributed by atoms with Gasteiger partial charge >= 0.3 is 0 Å². The average molecular weight is 552 g/mol. The van der Waals surface area contributed by atoms with Crippen LogP contribution in [-0.2, 0) is 16.1 Å². The summed E-state index contributed by atoms with van der Waals surface area (Å²) >= 11 is 0. The predicted octanol–water partition coefficient (Wildman–Crippen LogP) is 3.23. The van der Waals surface area contributed by atoms with Crippen LogP contribution in [0, 0.1) is 5.82 Å². The van der Waals surface area contributed by atoms with Crippen LogP contribution in [0.15, 0.2) is 65.3 Å². The van der Waals surface area contributed by atoms with E-state index in [1.54, 1.807) is 35.2 Å². The maximum Gasteiger partial charge on any atom is 0.261 e. The highest BCUT2D eigenvalue weighted by molar-refractivity contribution is 6.00. The molecule has 2 fully saturated rings. The van der Waals surface area contributed by atoms with E-state index in [0.29, 0.717) is 22.8 Å². The zero-order chi connectivity index (χ0) is 28.3. The summed E-state index contributed by atoms with van der Waals surface area (Å²) in [6.07, 6.45) is 2.05. The Balaban J connectivity index is 1.38. The number of carbonyl (C=O) groups is 3. The van der Waals surface area contributed by atoms with Gasteiger partial charge in [-0.25, -0.2) is 4.39 Å². The molecule has 1 aromatic heterocycles. The average Bonchev–Trinajstić information content (AvgIpc) is 3.64. The highest BCUT2D eigenvalue weighted by atomic mass is 19.1. The van der Waals surface area contributed by atoms with E-state index in [1.165, 1.54) is 49.6 Å². The molecule has 2 aliphatic heterocycles. The van der Waals surface area contributed by atoms with Crippen LogP contribution in [-0.4, -0.2) is 73.2 Å². The van der Waals surface area contributed by atoms with Gasteiger partial charge in [0, 0.05) is 31.5 Å². The molecule has 1 atom stereocenters. The summed E-state index contributed by atoms with van der Waals surface area (Å²) in [7, 11) is 2.97. The van der Waals surface area contributed by atoms with E-state index in [-0.39, 0.29) is 50.6 Å². The Morgan fingerprint density at radius 3 is 2.25 bits per heavy atom. The number of hydrogen-bond acceptors (Lipinski definition) is 7. The zero-order valence-electron chi connectivity index (χ0n) is 22.2. The molecule has 3 aromatic rings. The molecule has 0 saturated carbocycles. The molecule has 0 unspecified atom stereocenters. The van der Waals surface area contributed by atoms with Crippen molar-refractivity contribution >= 4 is 17.7 Å². The first kappa shape index (κ1) is 27.2. The number of nitrogens with one attached hydrogen (secondary N) is 1. The molecule has 0 radical (unpaired) electrons. The van der Waals surface area contributed by atoms with Gasteiger partial charge in [0.2, 0.25) is 5.91 Å². The molecule has 11 heteroatoms. The van der Waals surface area contributed by atoms with Crippen molar-refractivity contribution < 1.29 is 37.4 Å². The maximum absolute atomic E-state index is 13.8. The van der Waals surface area contributed by atoms with Gasteiger partial charge in [0.15, 0.2) is 0 Å². The fraction of sp³-hybridized carbons (Fsp3) is 0.345. The van der Waals surface area contributed by atoms with Gasteiger partial charge in [0.05, 0.1) is 33.6 Å². The molecule has 40 heavy (non-hydrogen) atoms. The summed E-state index contributed by atoms with van der Waals surface area (Å²) < 4.78 is 35.9. The third kappa shape index (κ3) is 5.12. The van der Waals surface area contributed by atoms with Crippen molar-refractivity contribution in [1.82, 2.24) is 15.1 Å². The van der Waals surface area contributed by atoms with Crippen LogP contribution in [0.1, 0.15) is 39.3 Å². The molecule has 2 aliphatic rings. The molecule has 2 aromatic carbocycles. The maximum atomic E-state index is 13.8. The minimum atomic E-state index is -1.13. The minimum Gasteiger partial charge on any atom is -0.496 e. The lowest BCUT2D eigenvalue weighted by atomic mass is 9.95. The van der Waals surface area contributed by atoms with Gasteiger partial charge in [-0.05, 0) is 48.5 Å². The Morgan fingerprint density at radius 1 is 0.975 bits per heavy atom. The van der Waals surface area contributed by atoms with E-state index in [4.69, 9.17) is 18.6 Å². The number of likely N-dealkylation sites (tertiary alicyclic amines) is 1. The lowest BCUT2D eigenvalue weighted by Gasteiger charge is -2.44. The standard InChI is InChI=1S/C29H30FN3O7/c1-37-23-6-3-7-24(38-2)25(23)28(36)32-14-12-29(13-15-32)33(27(35)19-8-10-20(30)11-9-19)22(18-40-29)26(34)31-17-21-5-4-16-39-21/h3-11,16,22H,12-15,17-18H2,1-2H3,(H,31,34)/t22-/m1/s1. The third-order valence-electron chi connectivity index (χ3n) is 7.36. The lowest BCUT2D eigenvalue weighted by Crippen LogP contribution is -2.59. The number of carbonyl (C=O) groups excluding carboxylic acids is 3. The Bertz CT molecular complexity index is 1350. The molecular weight excluding hydrogens is 521 g/mol. The number of nitrogens with zero attached hydrogens (tertiary/aromatic N) is 2. The molecular formula is C29H30FN3O7. The normalized spacial score (nSPS) is 18.0. The summed E-state index contributed by atoms with van der Waals surface area (Å²) in [5, 5.41) is 2.81. The topological polar surface area (TPSA) is 111 Å². The van der Waals surface area contributed by atoms with E-state index < -0.39 is 29.4 Å². The SMILES string of the molecule is COc1cccc(OC)c1C(=O)N1CCC2(CC1)OC[C@H](C(=O)NCc1ccco1)N2C(=O)c1ccc(F)cc1. The molecule has 210 valence electrons. The van der Waals surface area contributed by atoms with Crippen LogP contribution < -0.4 is 14.8 Å². The first-order chi connectivity index (χ1) is 19.4. The van der Waals surface area contributed by atoms with Gasteiger partial charge < -0.3 is 28.8 Å². The summed E-state index contributed by atoms with van der Waals surface area (Å²) in [6, 6.07) is 12.8. The number of furan rings is 1. The second-order valence-electron chi connectivity index (χ2n) is 9.58. The first-order valence-corrected chi connectivity index (χ1v) is 12.9. The number of hydrogen-bond donors (Lipinski definition) is 1. The van der Waals surface area contributed by atoms with Crippen molar-refractivity contribution in [2.45, 2.75) is 31.2 Å². The number of benzene rings is 2. The highest BCUT2D eigenvalue weighted by Crippen LogP contribution is 2.40. The fourth-order valence-electron chi connectivity index (χ4n) is 5.28. The van der Waals surface area contributed by atoms with Crippen molar-refractivity contribution in [3.8, 4) is 11.5 Å². The fourth-order valence-corrected chi connectivity index (χ4v) is 5.28. The quantitative estimate of drug-likeness (QED) is 0.480. The first-order valence-electron chi connectivity index (χ1n) is 12.9. The van der Waals surface area contributed by atoms with E-state index in [9.17, 15) is 18.8 Å². The van der Waals surface area contributed by atoms with Crippen LogP contribution in [0.2, 0.25) is 0 Å². The monoisotopic (exact) mass is 551 g/mol. The van der Waals surface area contributed by atoms with Crippen LogP contribution in [0.25, 0.3) is 0 Å². The Morgan fingerprint density at radius 2 is 1.65 bits per heavy atom. The second-order valence-corrected chi connectivity index (χ2v) is 9.58. The van der Waals surface area contributed by atoms with Gasteiger partial charge in [-0.2, -0.15) is 0 Å². The van der Waals surface area contributed by atoms with Crippen molar-refractivity contribution in [3.63, 3.8) is 0 Å². The van der Waals surface area contributed by atoms with Gasteiger partial charge in [0.1, 0.15) is 40.4 Å². The molecule has 3 amide bonds. The minimum absolute atomic E-state index is 0.0226. The van der Waals surface area contributed by atoms with Crippen LogP contribution in [0.4, 0.5) is 4.39 Å². The van der Waals surface area contributed by atoms with Crippen molar-refractivity contribution in [2.24, 2.45) is 0 Å². The number of amides is 3. The zero-order valence-corrected chi connectivity index (χ0v) is 22.2. The van der Waals surface area contributed by atoms with Gasteiger partial charge in [0.25, 0.3) is 11.8 Å². The molecule has 2 saturated heterocycles. The molecule has 10 nitrogen and oxygen atoms in total. The van der Waals surface area contributed by atoms with Crippen molar-refractivity contribution in [1.29, 1.82) is 0 Å². The largest absolute Gasteiger partial charge is 0.496 e. The number of rotatable bonds is 7. The molecule has 0 aliphatic carbocycles. The molecule has 5 rings (SSSR count). The summed E-state index contributed by atoms with van der Waals surface area (Å²) in [5.41, 5.74) is -0.586. The van der Waals surface area contributed by atoms with E-state index >= 15 is 0 Å². The van der Waals surface area contributed by atoms with Gasteiger partial charge in [-0.1, -0.05) is 6.07 Å². The molecule has 1 N–H and O–H groups in total. The lowest BCUT2D eigenvalue weighted by molar-refractivity contribution is -0.128. The van der Waals surface area contributed by atoms with Crippen LogP contribution in [0.5, 0.6) is 11.5 Å². The highest BCUT2D eigenvalue weighted by Gasteiger charge is 2.54. The number of piperidine rings is 1. The predicted molar refractivity (Wildman–Crippen MR) is 140 cm³/mol. The summed E-state index contributed by atoms with van der Waals surface area (Å²) in [6.45, 7) is 0.643. The van der Waals surface area contributed by atoms with E-state index in [2.05, 4.69) is 5.32 Å².